The minimum atomic E-state index is -0.844. The van der Waals surface area contributed by atoms with Crippen LogP contribution in [0.2, 0.25) is 0 Å². The Bertz CT molecular complexity index is 960. The highest BCUT2D eigenvalue weighted by molar-refractivity contribution is 6.01. The molecular weight excluding hydrogens is 363 g/mol. The third-order valence-corrected chi connectivity index (χ3v) is 4.09. The second-order valence-electron chi connectivity index (χ2n) is 6.47. The fourth-order valence-corrected chi connectivity index (χ4v) is 2.59. The minimum Gasteiger partial charge on any atom is -0.340 e. The van der Waals surface area contributed by atoms with Gasteiger partial charge in [0.25, 0.3) is 5.91 Å². The van der Waals surface area contributed by atoms with Gasteiger partial charge in [0.15, 0.2) is 0 Å². The van der Waals surface area contributed by atoms with Gasteiger partial charge in [-0.2, -0.15) is 0 Å². The molecule has 28 heavy (non-hydrogen) atoms. The first-order valence-electron chi connectivity index (χ1n) is 8.65. The van der Waals surface area contributed by atoms with Gasteiger partial charge in [0, 0.05) is 5.56 Å². The molecule has 1 unspecified atom stereocenters. The molecule has 0 aliphatic rings. The van der Waals surface area contributed by atoms with Crippen LogP contribution >= 0.6 is 0 Å². The Morgan fingerprint density at radius 2 is 1.86 bits per heavy atom. The van der Waals surface area contributed by atoms with Crippen LogP contribution in [0.15, 0.2) is 54.9 Å². The Morgan fingerprint density at radius 3 is 2.50 bits per heavy atom. The molecule has 8 nitrogen and oxygen atoms in total. The Labute approximate surface area is 160 Å². The summed E-state index contributed by atoms with van der Waals surface area (Å²) in [6.07, 6.45) is 1.36. The molecule has 2 N–H and O–H groups in total. The third kappa shape index (κ3) is 4.37. The molecule has 1 heterocycles. The van der Waals surface area contributed by atoms with E-state index in [1.807, 2.05) is 0 Å². The van der Waals surface area contributed by atoms with Gasteiger partial charge in [0.05, 0.1) is 11.4 Å². The lowest BCUT2D eigenvalue weighted by Gasteiger charge is -2.22. The maximum Gasteiger partial charge on any atom is 0.251 e. The number of halogens is 1. The lowest BCUT2D eigenvalue weighted by Crippen LogP contribution is -2.47. The van der Waals surface area contributed by atoms with Gasteiger partial charge in [0.1, 0.15) is 18.2 Å². The second-order valence-corrected chi connectivity index (χ2v) is 6.47. The molecule has 1 aromatic heterocycles. The summed E-state index contributed by atoms with van der Waals surface area (Å²) in [6, 6.07) is 11.8. The largest absolute Gasteiger partial charge is 0.340 e. The predicted octanol–water partition coefficient (Wildman–Crippen LogP) is 2.19. The predicted molar refractivity (Wildman–Crippen MR) is 100 cm³/mol. The van der Waals surface area contributed by atoms with Crippen LogP contribution in [0.25, 0.3) is 5.69 Å². The zero-order chi connectivity index (χ0) is 20.1. The van der Waals surface area contributed by atoms with Crippen LogP contribution in [-0.4, -0.2) is 38.1 Å². The van der Waals surface area contributed by atoms with Gasteiger partial charge in [-0.1, -0.05) is 32.0 Å². The maximum atomic E-state index is 14.2. The van der Waals surface area contributed by atoms with E-state index >= 15 is 0 Å². The summed E-state index contributed by atoms with van der Waals surface area (Å²) in [5.41, 5.74) is 0.890. The topological polar surface area (TPSA) is 102 Å². The molecule has 9 heteroatoms. The first-order valence-corrected chi connectivity index (χ1v) is 8.65. The Morgan fingerprint density at radius 1 is 1.11 bits per heavy atom. The molecule has 2 amide bonds. The number of nitrogens with one attached hydrogen (secondary N) is 2. The molecule has 0 fully saturated rings. The van der Waals surface area contributed by atoms with Crippen molar-refractivity contribution in [1.29, 1.82) is 0 Å². The summed E-state index contributed by atoms with van der Waals surface area (Å²) < 4.78 is 15.5. The van der Waals surface area contributed by atoms with Crippen LogP contribution in [0.3, 0.4) is 0 Å². The van der Waals surface area contributed by atoms with E-state index in [9.17, 15) is 14.0 Å². The van der Waals surface area contributed by atoms with Crippen LogP contribution in [0, 0.1) is 11.7 Å². The average Bonchev–Trinajstić information content (AvgIpc) is 3.22. The van der Waals surface area contributed by atoms with Gasteiger partial charge in [-0.3, -0.25) is 9.59 Å². The molecule has 144 valence electrons. The number of tetrazole rings is 1. The normalized spacial score (nSPS) is 11.9. The van der Waals surface area contributed by atoms with Gasteiger partial charge >= 0.3 is 0 Å². The fraction of sp³-hybridized carbons (Fsp3) is 0.211. The maximum absolute atomic E-state index is 14.2. The molecule has 1 atom stereocenters. The minimum absolute atomic E-state index is 0.0300. The molecular formula is C19H19FN6O2. The number of carbonyl (C=O) groups is 2. The van der Waals surface area contributed by atoms with E-state index in [1.54, 1.807) is 44.2 Å². The Hall–Kier alpha value is -3.62. The molecule has 0 spiro atoms. The van der Waals surface area contributed by atoms with Crippen LogP contribution in [-0.2, 0) is 4.79 Å². The molecule has 3 rings (SSSR count). The zero-order valence-corrected chi connectivity index (χ0v) is 15.3. The summed E-state index contributed by atoms with van der Waals surface area (Å²) in [5, 5.41) is 16.0. The molecule has 0 aliphatic carbocycles. The summed E-state index contributed by atoms with van der Waals surface area (Å²) in [4.78, 5) is 25.1. The van der Waals surface area contributed by atoms with Crippen LogP contribution < -0.4 is 10.6 Å². The van der Waals surface area contributed by atoms with Crippen molar-refractivity contribution in [2.45, 2.75) is 19.9 Å². The smallest absolute Gasteiger partial charge is 0.251 e. The van der Waals surface area contributed by atoms with Crippen LogP contribution in [0.4, 0.5) is 10.1 Å². The number of benzene rings is 2. The van der Waals surface area contributed by atoms with Crippen molar-refractivity contribution in [2.75, 3.05) is 5.32 Å². The van der Waals surface area contributed by atoms with Crippen molar-refractivity contribution in [3.8, 4) is 5.69 Å². The monoisotopic (exact) mass is 382 g/mol. The van der Waals surface area contributed by atoms with Crippen molar-refractivity contribution in [2.24, 2.45) is 5.92 Å². The summed E-state index contributed by atoms with van der Waals surface area (Å²) in [5.74, 6) is -1.72. The molecule has 0 bridgehead atoms. The number of aromatic nitrogens is 4. The van der Waals surface area contributed by atoms with Crippen molar-refractivity contribution < 1.29 is 14.0 Å². The zero-order valence-electron chi connectivity index (χ0n) is 15.3. The van der Waals surface area contributed by atoms with Gasteiger partial charge in [0.2, 0.25) is 5.91 Å². The number of carbonyl (C=O) groups excluding carboxylic acids is 2. The summed E-state index contributed by atoms with van der Waals surface area (Å²) in [7, 11) is 0. The number of nitrogens with zero attached hydrogens (tertiary/aromatic N) is 4. The molecule has 3 aromatic rings. The lowest BCUT2D eigenvalue weighted by molar-refractivity contribution is -0.118. The average molecular weight is 382 g/mol. The van der Waals surface area contributed by atoms with Gasteiger partial charge in [-0.15, -0.1) is 5.10 Å². The Balaban J connectivity index is 1.77. The van der Waals surface area contributed by atoms with E-state index in [0.717, 1.165) is 0 Å². The summed E-state index contributed by atoms with van der Waals surface area (Å²) >= 11 is 0. The molecule has 0 radical (unpaired) electrons. The highest BCUT2D eigenvalue weighted by atomic mass is 19.1. The van der Waals surface area contributed by atoms with Crippen LogP contribution in [0.5, 0.6) is 0 Å². The van der Waals surface area contributed by atoms with Gasteiger partial charge < -0.3 is 10.6 Å². The van der Waals surface area contributed by atoms with E-state index in [2.05, 4.69) is 26.2 Å². The van der Waals surface area contributed by atoms with E-state index < -0.39 is 17.8 Å². The Kier molecular flexibility index (Phi) is 5.73. The highest BCUT2D eigenvalue weighted by Gasteiger charge is 2.25. The van der Waals surface area contributed by atoms with Gasteiger partial charge in [-0.05, 0) is 46.7 Å². The van der Waals surface area contributed by atoms with E-state index in [-0.39, 0.29) is 17.5 Å². The van der Waals surface area contributed by atoms with Crippen molar-refractivity contribution in [1.82, 2.24) is 25.5 Å². The standard InChI is InChI=1S/C19H19FN6O2/c1-12(2)17(23-18(27)13-6-4-3-5-7-13)19(28)22-16-10-14(8-9-15(16)20)26-11-21-24-25-26/h3-12,17H,1-2H3,(H,22,28)(H,23,27). The summed E-state index contributed by atoms with van der Waals surface area (Å²) in [6.45, 7) is 3.59. The second kappa shape index (κ2) is 8.38. The van der Waals surface area contributed by atoms with E-state index in [4.69, 9.17) is 0 Å². The SMILES string of the molecule is CC(C)C(NC(=O)c1ccccc1)C(=O)Nc1cc(-n2cnnn2)ccc1F. The number of amides is 2. The highest BCUT2D eigenvalue weighted by Crippen LogP contribution is 2.19. The lowest BCUT2D eigenvalue weighted by atomic mass is 10.0. The van der Waals surface area contributed by atoms with Gasteiger partial charge in [-0.25, -0.2) is 9.07 Å². The number of anilines is 1. The third-order valence-electron chi connectivity index (χ3n) is 4.09. The number of hydrogen-bond donors (Lipinski definition) is 2. The fourth-order valence-electron chi connectivity index (χ4n) is 2.59. The van der Waals surface area contributed by atoms with Crippen molar-refractivity contribution in [3.63, 3.8) is 0 Å². The quantitative estimate of drug-likeness (QED) is 0.680. The first kappa shape index (κ1) is 19.2. The van der Waals surface area contributed by atoms with Crippen molar-refractivity contribution >= 4 is 17.5 Å². The van der Waals surface area contributed by atoms with E-state index in [0.29, 0.717) is 11.3 Å². The molecule has 0 aliphatic heterocycles. The van der Waals surface area contributed by atoms with Crippen LogP contribution in [0.1, 0.15) is 24.2 Å². The first-order chi connectivity index (χ1) is 13.5. The van der Waals surface area contributed by atoms with Crippen molar-refractivity contribution in [3.05, 3.63) is 66.2 Å². The number of rotatable bonds is 6. The molecule has 0 saturated heterocycles. The molecule has 0 saturated carbocycles. The molecule has 2 aromatic carbocycles. The van der Waals surface area contributed by atoms with E-state index in [1.165, 1.54) is 29.2 Å². The number of hydrogen-bond acceptors (Lipinski definition) is 5.